The van der Waals surface area contributed by atoms with E-state index in [1.807, 2.05) is 113 Å². The van der Waals surface area contributed by atoms with E-state index in [1.54, 1.807) is 62.5 Å². The van der Waals surface area contributed by atoms with E-state index in [2.05, 4.69) is 58.3 Å². The van der Waals surface area contributed by atoms with Crippen LogP contribution in [-0.4, -0.2) is 234 Å². The first-order valence-electron chi connectivity index (χ1n) is 53.0. The molecule has 0 spiro atoms. The van der Waals surface area contributed by atoms with Gasteiger partial charge < -0.3 is 94.2 Å². The molecule has 788 valence electrons. The molecule has 2 aliphatic heterocycles. The molecule has 2 aromatic rings. The van der Waals surface area contributed by atoms with Crippen LogP contribution in [0, 0.1) is 107 Å². The molecule has 2 aromatic heterocycles. The van der Waals surface area contributed by atoms with Gasteiger partial charge in [0.1, 0.15) is 23.8 Å². The van der Waals surface area contributed by atoms with Crippen molar-refractivity contribution in [1.29, 1.82) is 0 Å². The summed E-state index contributed by atoms with van der Waals surface area (Å²) in [6.07, 6.45) is 44.7. The Morgan fingerprint density at radius 2 is 0.850 bits per heavy atom. The maximum absolute atomic E-state index is 13.2. The first-order chi connectivity index (χ1) is 67.2. The number of ether oxygens (including phenoxy) is 7. The average Bonchev–Trinajstić information content (AvgIpc) is 1.61. The van der Waals surface area contributed by atoms with Gasteiger partial charge in [-0.3, -0.25) is 0 Å². The maximum atomic E-state index is 13.2. The lowest BCUT2D eigenvalue weighted by Gasteiger charge is -2.31. The molecule has 2 saturated carbocycles. The minimum Gasteiger partial charge on any atom is -0.458 e. The zero-order valence-electron chi connectivity index (χ0n) is 86.5. The van der Waals surface area contributed by atoms with Gasteiger partial charge in [0.25, 0.3) is 0 Å². The Kier molecular flexibility index (Phi) is 55.6. The van der Waals surface area contributed by atoms with Crippen molar-refractivity contribution in [3.63, 3.8) is 0 Å². The molecule has 2 unspecified atom stereocenters. The number of aliphatic hydroxyl groups excluding tert-OH is 8. The van der Waals surface area contributed by atoms with Gasteiger partial charge in [0.15, 0.2) is 0 Å². The molecule has 29 heteroatoms. The molecule has 2 fully saturated rings. The number of ketones is 2. The van der Waals surface area contributed by atoms with E-state index >= 15 is 0 Å². The van der Waals surface area contributed by atoms with Gasteiger partial charge in [-0.15, -0.1) is 10.2 Å². The number of unbranched alkanes of at least 4 members (excludes halogenated alkanes) is 5. The molecule has 8 rings (SSSR count). The number of cyclic esters (lactones) is 2. The summed E-state index contributed by atoms with van der Waals surface area (Å²) in [5.41, 5.74) is 4.39. The molecule has 0 bridgehead atoms. The predicted octanol–water partition coefficient (Wildman–Crippen LogP) is 16.1. The summed E-state index contributed by atoms with van der Waals surface area (Å²) in [5, 5.41) is 114. The van der Waals surface area contributed by atoms with Gasteiger partial charge in [-0.25, -0.2) is 28.5 Å². The normalized spacial score (nSPS) is 32.3. The summed E-state index contributed by atoms with van der Waals surface area (Å²) in [4.78, 5) is 73.3. The van der Waals surface area contributed by atoms with Crippen LogP contribution in [0.5, 0.6) is 0 Å². The quantitative estimate of drug-likeness (QED) is 0.00974. The van der Waals surface area contributed by atoms with E-state index in [-0.39, 0.29) is 95.4 Å². The van der Waals surface area contributed by atoms with Crippen LogP contribution in [-0.2, 0) is 91.1 Å². The Morgan fingerprint density at radius 1 is 0.457 bits per heavy atom. The number of aryl methyl sites for hydroxylation is 4. The third kappa shape index (κ3) is 43.9. The molecule has 4 aliphatic carbocycles. The third-order valence-electron chi connectivity index (χ3n) is 29.9. The fourth-order valence-corrected chi connectivity index (χ4v) is 21.0. The number of allylic oxidation sites excluding steroid dienone is 8. The van der Waals surface area contributed by atoms with Gasteiger partial charge in [0, 0.05) is 125 Å². The van der Waals surface area contributed by atoms with Gasteiger partial charge in [-0.2, -0.15) is 0 Å². The van der Waals surface area contributed by atoms with Crippen molar-refractivity contribution in [2.24, 2.45) is 107 Å². The Morgan fingerprint density at radius 3 is 1.27 bits per heavy atom. The standard InChI is InChI=1S/C56H90N4O10.C55H88N4O11/c1-8-9-18-40(4)55-43(7)51(63)30-23-38(2)35-41(5)54(66)39(3)24-25-45(62)36-52(64)44(20-13-14-22-53(65)70-55)21-15-16-32-60-50-29-27-47-46(26-28-49(50)58-59-60)48(47)37-69-56(67)57-31-34-68-33-17-11-10-12-19-42(6)61;1-8-9-15-39(4)54-42(7)50(62)27-20-37(2)34-40(5)53(65)38(3)21-22-44(61)35-51(63)43(17-10-11-19-52(64)70-54)18-12-13-29-59-49-26-24-46-45(23-25-48(49)57-58-59)47(46)36-69-55(66)56-28-31-68-33-32-67-30-14-16-41(6)60/h8-9,13-14,18,20,22,24-25,38-41,43-48,51-52,54-55,62-64,66H,1,10-12,15-17,19,21,23,26-37H2,2-7H3,(H,57,67);8-11,15,17,19,21-22,37-40,42-47,50-51,53-54,61-63,65H,1,12-14,16,18,20,23-36H2,2-7H3,(H,56,66)/b18-9-,20-13+,22-14-,25-24-;15-9-,17-10+,19-11-,22-21-/t38-,39-,40-,41-,43-,44-,45+,46-,47+,48-,51+,52-,54-,55?;37-,38-,39-,40-,42-,43-,44+,45+,46-,47+,50+,51-,53-,54?/m00/s1. The van der Waals surface area contributed by atoms with Crippen molar-refractivity contribution in [1.82, 2.24) is 40.6 Å². The Labute approximate surface area is 835 Å². The van der Waals surface area contributed by atoms with Gasteiger partial charge >= 0.3 is 24.1 Å². The number of aliphatic hydroxyl groups is 8. The third-order valence-corrected chi connectivity index (χ3v) is 29.9. The second-order valence-corrected chi connectivity index (χ2v) is 41.5. The summed E-state index contributed by atoms with van der Waals surface area (Å²) < 4.78 is 43.9. The number of Topliss-reactive ketones (excluding diaryl/α,β-unsaturated/α-hetero) is 2. The zero-order valence-corrected chi connectivity index (χ0v) is 86.5. The average molecular weight is 1960 g/mol. The number of aromatic nitrogens is 6. The van der Waals surface area contributed by atoms with Crippen LogP contribution in [0.15, 0.2) is 123 Å². The smallest absolute Gasteiger partial charge is 0.407 e. The molecule has 4 heterocycles. The SMILES string of the molecule is C=C/C=C\[C@H](C)C1OC(=O)/C=C\C=C\[C@@H](CCCCn2nnc3c2CC[C@@H]2[C@H](CC3)[C@@H]2COC(=O)NCCOCCCCCCC(C)=O)[C@@H](O)C[C@H](O)/C=C\[C@H](C)[C@H](O)[C@@H](C)C[C@@H](C)CC[C@@H](O)[C@@H]1C.C=C/C=C\[C@H](C)C1OC(=O)/C=C\C=C\[C@@H](CCCCn2nnc3c2CC[C@H]2[C@@H](CC3)[C@H]2COC(=O)NCCOCCOCCCC(C)=O)[C@@H](O)C[C@H](O)/C=C\[C@H](C)[C@H](O)[C@@H](C)C[C@@H](C)CC[C@@H](O)[C@@H]1C. The highest BCUT2D eigenvalue weighted by Gasteiger charge is 2.52. The molecular formula is C111H178N8O21. The van der Waals surface area contributed by atoms with E-state index in [1.165, 1.54) is 17.8 Å². The molecule has 29 nitrogen and oxygen atoms in total. The monoisotopic (exact) mass is 1960 g/mol. The minimum atomic E-state index is -0.919. The van der Waals surface area contributed by atoms with E-state index in [4.69, 9.17) is 33.2 Å². The van der Waals surface area contributed by atoms with Crippen molar-refractivity contribution >= 4 is 35.7 Å². The van der Waals surface area contributed by atoms with Crippen LogP contribution in [0.1, 0.15) is 266 Å². The van der Waals surface area contributed by atoms with E-state index in [0.29, 0.717) is 159 Å². The van der Waals surface area contributed by atoms with Crippen molar-refractivity contribution < 1.29 is 103 Å². The number of nitrogens with zero attached hydrogens (tertiary/aromatic N) is 6. The van der Waals surface area contributed by atoms with Crippen LogP contribution >= 0.6 is 0 Å². The maximum Gasteiger partial charge on any atom is 0.407 e. The number of nitrogens with one attached hydrogen (secondary N) is 2. The molecule has 6 aliphatic rings. The van der Waals surface area contributed by atoms with Crippen molar-refractivity contribution in [3.05, 3.63) is 145 Å². The summed E-state index contributed by atoms with van der Waals surface area (Å²) >= 11 is 0. The lowest BCUT2D eigenvalue weighted by molar-refractivity contribution is -0.151. The molecule has 2 amide bonds. The highest BCUT2D eigenvalue weighted by Crippen LogP contribution is 2.54. The summed E-state index contributed by atoms with van der Waals surface area (Å²) in [6.45, 7) is 36.4. The zero-order chi connectivity index (χ0) is 102. The topological polar surface area (TPSA) is 414 Å². The van der Waals surface area contributed by atoms with Crippen LogP contribution < -0.4 is 10.6 Å². The second-order valence-electron chi connectivity index (χ2n) is 41.5. The molecule has 10 N–H and O–H groups in total. The number of esters is 2. The lowest BCUT2D eigenvalue weighted by atomic mass is 9.82. The van der Waals surface area contributed by atoms with E-state index in [0.717, 1.165) is 145 Å². The number of carbonyl (C=O) groups is 6. The van der Waals surface area contributed by atoms with Gasteiger partial charge in [-0.1, -0.05) is 216 Å². The molecule has 0 aromatic carbocycles. The van der Waals surface area contributed by atoms with Gasteiger partial charge in [-0.05, 0) is 208 Å². The van der Waals surface area contributed by atoms with Crippen LogP contribution in [0.2, 0.25) is 0 Å². The van der Waals surface area contributed by atoms with Crippen molar-refractivity contribution in [3.8, 4) is 0 Å². The van der Waals surface area contributed by atoms with Gasteiger partial charge in [0.2, 0.25) is 0 Å². The second kappa shape index (κ2) is 65.4. The number of alkyl carbamates (subject to hydrolysis) is 2. The molecule has 140 heavy (non-hydrogen) atoms. The largest absolute Gasteiger partial charge is 0.458 e. The van der Waals surface area contributed by atoms with Gasteiger partial charge in [0.05, 0.1) is 111 Å². The van der Waals surface area contributed by atoms with E-state index in [9.17, 15) is 69.6 Å². The Hall–Kier alpha value is -7.94. The Balaban J connectivity index is 0.000000381. The van der Waals surface area contributed by atoms with Crippen LogP contribution in [0.4, 0.5) is 9.59 Å². The molecule has 0 saturated heterocycles. The van der Waals surface area contributed by atoms with Crippen molar-refractivity contribution in [2.75, 3.05) is 65.9 Å². The highest BCUT2D eigenvalue weighted by atomic mass is 16.6. The fraction of sp³-hybridized carbons (Fsp3) is 0.730. The number of hydrogen-bond acceptors (Lipinski definition) is 25. The summed E-state index contributed by atoms with van der Waals surface area (Å²) in [5.74, 6) is 0.380. The highest BCUT2D eigenvalue weighted by molar-refractivity contribution is 5.83. The number of hydrogen-bond donors (Lipinski definition) is 10. The van der Waals surface area contributed by atoms with E-state index < -0.39 is 85.2 Å². The molecular weight excluding hydrogens is 1780 g/mol. The lowest BCUT2D eigenvalue weighted by Crippen LogP contribution is -2.37. The number of amides is 2. The number of carbonyl (C=O) groups excluding carboxylic acids is 6. The molecule has 0 radical (unpaired) electrons. The molecule has 28 atom stereocenters. The predicted molar refractivity (Wildman–Crippen MR) is 544 cm³/mol. The first kappa shape index (κ1) is 119. The van der Waals surface area contributed by atoms with Crippen LogP contribution in [0.3, 0.4) is 0 Å². The number of rotatable bonds is 40. The van der Waals surface area contributed by atoms with Crippen LogP contribution in [0.25, 0.3) is 0 Å². The van der Waals surface area contributed by atoms with Crippen molar-refractivity contribution in [2.45, 2.75) is 343 Å². The fourth-order valence-electron chi connectivity index (χ4n) is 21.0. The minimum absolute atomic E-state index is 0.0140. The Bertz CT molecular complexity index is 3950. The number of fused-ring (bicyclic) bond motifs is 4. The summed E-state index contributed by atoms with van der Waals surface area (Å²) in [6, 6.07) is 0. The summed E-state index contributed by atoms with van der Waals surface area (Å²) in [7, 11) is 0. The first-order valence-corrected chi connectivity index (χ1v) is 53.0.